The van der Waals surface area contributed by atoms with E-state index in [1.807, 2.05) is 0 Å². The molecule has 4 aromatic carbocycles. The van der Waals surface area contributed by atoms with Gasteiger partial charge >= 0.3 is 88.7 Å². The summed E-state index contributed by atoms with van der Waals surface area (Å²) in [6, 6.07) is 14.0. The molecule has 5 N–H and O–H groups in total. The van der Waals surface area contributed by atoms with E-state index >= 15 is 0 Å². The zero-order chi connectivity index (χ0) is 37.0. The maximum Gasteiger partial charge on any atom is 1.00 e. The van der Waals surface area contributed by atoms with Gasteiger partial charge in [-0.3, -0.25) is 9.59 Å². The number of nitrogens with two attached hydrogens (primary N) is 1. The first-order chi connectivity index (χ1) is 23.8. The molecule has 0 spiro atoms. The number of nitrogens with one attached hydrogen (secondary N) is 3. The molecule has 6 rings (SSSR count). The van der Waals surface area contributed by atoms with Gasteiger partial charge in [0.05, 0.1) is 42.9 Å². The van der Waals surface area contributed by atoms with Gasteiger partial charge in [0, 0.05) is 22.5 Å². The Bertz CT molecular complexity index is 2670. The molecule has 1 aliphatic rings. The van der Waals surface area contributed by atoms with Crippen LogP contribution in [0.1, 0.15) is 31.8 Å². The SMILES string of the molecule is Nc1c(S(=O)(=O)[O-])cc(Nc2ccc(Nc3nc(Cl)nc(Nc4ccc(S(=O)(=O)[O-])cc4)n3)c(S(=O)(=O)[O-])c2)c2c1C(=O)c1ccccc1C2=O.[Na+].[Na+].[Na+]. The number of hydrogen-bond donors (Lipinski definition) is 4. The molecule has 0 atom stereocenters. The molecule has 18 nitrogen and oxygen atoms in total. The summed E-state index contributed by atoms with van der Waals surface area (Å²) in [5.41, 5.74) is 3.32. The zero-order valence-electron chi connectivity index (χ0n) is 27.9. The number of carbonyl (C=O) groups excluding carboxylic acids is 2. The molecule has 54 heavy (non-hydrogen) atoms. The molecule has 262 valence electrons. The standard InChI is InChI=1S/C29H20ClN7O11S3.3Na/c30-27-35-28(33-13-5-8-15(9-6-13)49(40,41)42)37-29(36-27)34-18-10-7-14(11-20(18)50(43,44)45)32-19-12-21(51(46,47)48)24(31)23-22(19)25(38)16-3-1-2-4-17(16)26(23)39;;;/h1-12,32H,31H2,(H,40,41,42)(H,43,44,45)(H,46,47,48)(H2,33,34,35,36,37);;;/q;3*+1/p-3. The van der Waals surface area contributed by atoms with Gasteiger partial charge in [0.15, 0.2) is 11.6 Å². The van der Waals surface area contributed by atoms with Crippen LogP contribution in [-0.2, 0) is 30.4 Å². The van der Waals surface area contributed by atoms with Gasteiger partial charge in [0.2, 0.25) is 17.2 Å². The predicted molar refractivity (Wildman–Crippen MR) is 176 cm³/mol. The molecule has 25 heteroatoms. The van der Waals surface area contributed by atoms with E-state index in [1.54, 1.807) is 0 Å². The number of ketones is 2. The number of hydrogen-bond acceptors (Lipinski definition) is 18. The molecule has 0 bridgehead atoms. The topological polar surface area (TPSA) is 307 Å². The summed E-state index contributed by atoms with van der Waals surface area (Å²) >= 11 is 6.00. The molecule has 0 aliphatic heterocycles. The summed E-state index contributed by atoms with van der Waals surface area (Å²) in [5.74, 6) is -2.20. The number of anilines is 7. The maximum atomic E-state index is 13.6. The van der Waals surface area contributed by atoms with Crippen molar-refractivity contribution in [3.63, 3.8) is 0 Å². The number of benzene rings is 4. The van der Waals surface area contributed by atoms with Crippen LogP contribution in [0.3, 0.4) is 0 Å². The van der Waals surface area contributed by atoms with Gasteiger partial charge in [0.25, 0.3) is 0 Å². The molecular formula is C29H17ClN7Na3O11S3. The molecule has 0 saturated carbocycles. The van der Waals surface area contributed by atoms with Crippen molar-refractivity contribution >= 4 is 93.9 Å². The van der Waals surface area contributed by atoms with Crippen LogP contribution in [0.2, 0.25) is 5.28 Å². The third-order valence-corrected chi connectivity index (χ3v) is 10.0. The van der Waals surface area contributed by atoms with E-state index in [-0.39, 0.29) is 129 Å². The van der Waals surface area contributed by atoms with Crippen molar-refractivity contribution in [3.05, 3.63) is 100 Å². The Hall–Kier alpha value is -2.55. The Balaban J connectivity index is 0.00000261. The van der Waals surface area contributed by atoms with Crippen LogP contribution in [0.25, 0.3) is 0 Å². The average Bonchev–Trinajstić information content (AvgIpc) is 3.03. The fraction of sp³-hybridized carbons (Fsp3) is 0. The van der Waals surface area contributed by atoms with Gasteiger partial charge in [-0.2, -0.15) is 15.0 Å². The number of halogens is 1. The Kier molecular flexibility index (Phi) is 14.7. The van der Waals surface area contributed by atoms with Crippen molar-refractivity contribution in [2.75, 3.05) is 21.7 Å². The Labute approximate surface area is 378 Å². The van der Waals surface area contributed by atoms with Crippen LogP contribution in [0.15, 0.2) is 87.5 Å². The minimum Gasteiger partial charge on any atom is -0.744 e. The Morgan fingerprint density at radius 1 is 0.574 bits per heavy atom. The van der Waals surface area contributed by atoms with Crippen molar-refractivity contribution in [1.29, 1.82) is 0 Å². The van der Waals surface area contributed by atoms with Gasteiger partial charge in [-0.15, -0.1) is 0 Å². The number of nitrogens with zero attached hydrogens (tertiary/aromatic N) is 3. The van der Waals surface area contributed by atoms with E-state index in [0.717, 1.165) is 30.3 Å². The number of aromatic nitrogens is 3. The van der Waals surface area contributed by atoms with Crippen molar-refractivity contribution in [1.82, 2.24) is 15.0 Å². The van der Waals surface area contributed by atoms with E-state index in [1.165, 1.54) is 42.5 Å². The van der Waals surface area contributed by atoms with E-state index in [9.17, 15) is 48.5 Å². The first-order valence-electron chi connectivity index (χ1n) is 13.8. The van der Waals surface area contributed by atoms with E-state index in [2.05, 4.69) is 30.9 Å². The maximum absolute atomic E-state index is 13.6. The van der Waals surface area contributed by atoms with Crippen LogP contribution in [0.5, 0.6) is 0 Å². The van der Waals surface area contributed by atoms with Crippen LogP contribution in [-0.4, -0.2) is 65.4 Å². The summed E-state index contributed by atoms with van der Waals surface area (Å²) < 4.78 is 107. The summed E-state index contributed by atoms with van der Waals surface area (Å²) in [4.78, 5) is 36.3. The van der Waals surface area contributed by atoms with Gasteiger partial charge in [-0.25, -0.2) is 25.3 Å². The molecular weight excluding hydrogens is 823 g/mol. The van der Waals surface area contributed by atoms with Crippen molar-refractivity contribution < 1.29 is 137 Å². The van der Waals surface area contributed by atoms with E-state index in [0.29, 0.717) is 0 Å². The third-order valence-electron chi connectivity index (χ3n) is 7.25. The number of nitrogen functional groups attached to an aromatic ring is 1. The molecule has 1 heterocycles. The number of carbonyl (C=O) groups is 2. The van der Waals surface area contributed by atoms with Crippen LogP contribution >= 0.6 is 11.6 Å². The Morgan fingerprint density at radius 2 is 1.09 bits per heavy atom. The monoisotopic (exact) mass is 839 g/mol. The van der Waals surface area contributed by atoms with E-state index in [4.69, 9.17) is 17.3 Å². The van der Waals surface area contributed by atoms with Gasteiger partial charge in [0.1, 0.15) is 30.4 Å². The Morgan fingerprint density at radius 3 is 1.63 bits per heavy atom. The quantitative estimate of drug-likeness (QED) is 0.0598. The third kappa shape index (κ3) is 9.69. The van der Waals surface area contributed by atoms with Crippen LogP contribution < -0.4 is 110 Å². The molecule has 5 aromatic rings. The molecule has 0 amide bonds. The summed E-state index contributed by atoms with van der Waals surface area (Å²) in [5, 5.41) is 7.43. The molecule has 0 fully saturated rings. The second kappa shape index (κ2) is 17.3. The number of rotatable bonds is 9. The fourth-order valence-electron chi connectivity index (χ4n) is 5.08. The molecule has 1 aromatic heterocycles. The van der Waals surface area contributed by atoms with Gasteiger partial charge in [-0.05, 0) is 60.1 Å². The molecule has 0 unspecified atom stereocenters. The van der Waals surface area contributed by atoms with Crippen molar-refractivity contribution in [2.24, 2.45) is 0 Å². The fourth-order valence-corrected chi connectivity index (χ4v) is 7.00. The van der Waals surface area contributed by atoms with Gasteiger partial charge < -0.3 is 35.3 Å². The smallest absolute Gasteiger partial charge is 0.744 e. The van der Waals surface area contributed by atoms with Crippen LogP contribution in [0, 0.1) is 0 Å². The van der Waals surface area contributed by atoms with Crippen molar-refractivity contribution in [3.8, 4) is 0 Å². The predicted octanol–water partition coefficient (Wildman–Crippen LogP) is -6.16. The molecule has 1 aliphatic carbocycles. The van der Waals surface area contributed by atoms with E-state index < -0.39 is 84.4 Å². The second-order valence-corrected chi connectivity index (χ2v) is 14.9. The normalized spacial score (nSPS) is 12.2. The van der Waals surface area contributed by atoms with Crippen molar-refractivity contribution in [2.45, 2.75) is 14.7 Å². The largest absolute Gasteiger partial charge is 1.00 e. The summed E-state index contributed by atoms with van der Waals surface area (Å²) in [7, 11) is -15.3. The zero-order valence-corrected chi connectivity index (χ0v) is 37.1. The minimum absolute atomic E-state index is 0. The molecule has 0 saturated heterocycles. The summed E-state index contributed by atoms with van der Waals surface area (Å²) in [6.45, 7) is 0. The average molecular weight is 840 g/mol. The van der Waals surface area contributed by atoms with Crippen LogP contribution in [0.4, 0.5) is 40.3 Å². The van der Waals surface area contributed by atoms with Gasteiger partial charge in [-0.1, -0.05) is 24.3 Å². The first kappa shape index (κ1) is 45.8. The minimum atomic E-state index is -5.31. The summed E-state index contributed by atoms with van der Waals surface area (Å²) in [6.07, 6.45) is 0. The number of fused-ring (bicyclic) bond motifs is 2. The first-order valence-corrected chi connectivity index (χ1v) is 18.4. The molecule has 0 radical (unpaired) electrons. The second-order valence-electron chi connectivity index (χ2n) is 10.5.